The molecule has 2 aromatic heterocycles. The van der Waals surface area contributed by atoms with Crippen molar-refractivity contribution in [1.82, 2.24) is 19.6 Å². The van der Waals surface area contributed by atoms with E-state index >= 15 is 0 Å². The second kappa shape index (κ2) is 7.19. The molecule has 3 aromatic rings. The van der Waals surface area contributed by atoms with Crippen molar-refractivity contribution in [2.75, 3.05) is 6.61 Å². The number of fused-ring (bicyclic) bond motifs is 1. The summed E-state index contributed by atoms with van der Waals surface area (Å²) >= 11 is 7.62. The monoisotopic (exact) mass is 362 g/mol. The second-order valence-corrected chi connectivity index (χ2v) is 6.31. The highest BCUT2D eigenvalue weighted by molar-refractivity contribution is 7.98. The lowest BCUT2D eigenvalue weighted by Crippen LogP contribution is -2.11. The van der Waals surface area contributed by atoms with E-state index in [0.717, 1.165) is 5.56 Å². The predicted octanol–water partition coefficient (Wildman–Crippen LogP) is 3.56. The summed E-state index contributed by atoms with van der Waals surface area (Å²) in [6.07, 6.45) is 1.47. The molecule has 0 unspecified atom stereocenters. The number of thioether (sulfide) groups is 1. The Labute approximate surface area is 148 Å². The predicted molar refractivity (Wildman–Crippen MR) is 92.5 cm³/mol. The maximum absolute atomic E-state index is 11.9. The standard InChI is InChI=1S/C16H15ClN4O2S/c1-3-23-14(22)12-8-18-15-19-16(20-21(15)10(12)2)24-9-11-6-4-5-7-13(11)17/h4-8H,3,9H2,1-2H3. The van der Waals surface area contributed by atoms with E-state index < -0.39 is 5.97 Å². The average molecular weight is 363 g/mol. The Hall–Kier alpha value is -2.12. The van der Waals surface area contributed by atoms with E-state index in [0.29, 0.717) is 39.6 Å². The largest absolute Gasteiger partial charge is 0.462 e. The molecule has 0 radical (unpaired) electrons. The molecule has 0 amide bonds. The molecule has 0 spiro atoms. The zero-order chi connectivity index (χ0) is 17.1. The fourth-order valence-electron chi connectivity index (χ4n) is 2.15. The Kier molecular flexibility index (Phi) is 5.01. The van der Waals surface area contributed by atoms with Crippen LogP contribution in [-0.4, -0.2) is 32.2 Å². The zero-order valence-corrected chi connectivity index (χ0v) is 14.8. The van der Waals surface area contributed by atoms with Gasteiger partial charge in [0.1, 0.15) is 0 Å². The minimum atomic E-state index is -0.412. The first-order chi connectivity index (χ1) is 11.6. The van der Waals surface area contributed by atoms with Crippen molar-refractivity contribution in [2.24, 2.45) is 0 Å². The summed E-state index contributed by atoms with van der Waals surface area (Å²) in [6, 6.07) is 7.65. The first-order valence-corrected chi connectivity index (χ1v) is 8.72. The number of benzene rings is 1. The van der Waals surface area contributed by atoms with Crippen LogP contribution >= 0.6 is 23.4 Å². The summed E-state index contributed by atoms with van der Waals surface area (Å²) in [5, 5.41) is 5.71. The van der Waals surface area contributed by atoms with E-state index in [4.69, 9.17) is 16.3 Å². The van der Waals surface area contributed by atoms with Crippen LogP contribution in [0.3, 0.4) is 0 Å². The summed E-state index contributed by atoms with van der Waals surface area (Å²) in [5.74, 6) is 0.688. The average Bonchev–Trinajstić information content (AvgIpc) is 2.99. The number of hydrogen-bond acceptors (Lipinski definition) is 6. The van der Waals surface area contributed by atoms with Gasteiger partial charge in [-0.3, -0.25) is 0 Å². The lowest BCUT2D eigenvalue weighted by atomic mass is 10.2. The van der Waals surface area contributed by atoms with E-state index in [9.17, 15) is 4.79 Å². The van der Waals surface area contributed by atoms with Crippen LogP contribution in [0, 0.1) is 6.92 Å². The molecule has 0 atom stereocenters. The quantitative estimate of drug-likeness (QED) is 0.510. The van der Waals surface area contributed by atoms with Crippen molar-refractivity contribution in [3.63, 3.8) is 0 Å². The van der Waals surface area contributed by atoms with E-state index in [2.05, 4.69) is 15.1 Å². The highest BCUT2D eigenvalue weighted by atomic mass is 35.5. The number of aromatic nitrogens is 4. The fourth-order valence-corrected chi connectivity index (χ4v) is 3.26. The van der Waals surface area contributed by atoms with Crippen LogP contribution in [0.2, 0.25) is 5.02 Å². The number of ether oxygens (including phenoxy) is 1. The number of carbonyl (C=O) groups excluding carboxylic acids is 1. The number of halogens is 1. The molecule has 0 bridgehead atoms. The molecule has 0 saturated heterocycles. The molecule has 8 heteroatoms. The van der Waals surface area contributed by atoms with Gasteiger partial charge < -0.3 is 4.74 Å². The molecule has 0 aliphatic heterocycles. The van der Waals surface area contributed by atoms with Gasteiger partial charge in [-0.05, 0) is 25.5 Å². The third kappa shape index (κ3) is 3.37. The van der Waals surface area contributed by atoms with Crippen LogP contribution in [-0.2, 0) is 10.5 Å². The highest BCUT2D eigenvalue weighted by Gasteiger charge is 2.16. The maximum atomic E-state index is 11.9. The second-order valence-electron chi connectivity index (χ2n) is 4.96. The Bertz CT molecular complexity index is 897. The molecule has 24 heavy (non-hydrogen) atoms. The van der Waals surface area contributed by atoms with Gasteiger partial charge >= 0.3 is 5.97 Å². The van der Waals surface area contributed by atoms with Gasteiger partial charge in [0.05, 0.1) is 17.9 Å². The van der Waals surface area contributed by atoms with Gasteiger partial charge in [-0.15, -0.1) is 5.10 Å². The van der Waals surface area contributed by atoms with Crippen molar-refractivity contribution in [1.29, 1.82) is 0 Å². The van der Waals surface area contributed by atoms with Crippen LogP contribution in [0.5, 0.6) is 0 Å². The molecular weight excluding hydrogens is 348 g/mol. The smallest absolute Gasteiger partial charge is 0.341 e. The fraction of sp³-hybridized carbons (Fsp3) is 0.250. The molecule has 0 saturated carbocycles. The highest BCUT2D eigenvalue weighted by Crippen LogP contribution is 2.25. The number of hydrogen-bond donors (Lipinski definition) is 0. The van der Waals surface area contributed by atoms with Crippen LogP contribution < -0.4 is 0 Å². The van der Waals surface area contributed by atoms with Gasteiger partial charge in [0.15, 0.2) is 0 Å². The van der Waals surface area contributed by atoms with Crippen molar-refractivity contribution in [2.45, 2.75) is 24.8 Å². The topological polar surface area (TPSA) is 69.4 Å². The Morgan fingerprint density at radius 3 is 2.92 bits per heavy atom. The van der Waals surface area contributed by atoms with Crippen molar-refractivity contribution in [3.05, 3.63) is 52.3 Å². The Balaban J connectivity index is 1.85. The molecule has 0 N–H and O–H groups in total. The van der Waals surface area contributed by atoms with Crippen molar-refractivity contribution >= 4 is 35.1 Å². The normalized spacial score (nSPS) is 11.0. The van der Waals surface area contributed by atoms with Crippen LogP contribution in [0.1, 0.15) is 28.5 Å². The molecule has 0 aliphatic rings. The van der Waals surface area contributed by atoms with Gasteiger partial charge in [0.25, 0.3) is 5.78 Å². The lowest BCUT2D eigenvalue weighted by Gasteiger charge is -2.05. The third-order valence-electron chi connectivity index (χ3n) is 3.40. The summed E-state index contributed by atoms with van der Waals surface area (Å²) in [6.45, 7) is 3.86. The molecule has 6 nitrogen and oxygen atoms in total. The maximum Gasteiger partial charge on any atom is 0.341 e. The van der Waals surface area contributed by atoms with Gasteiger partial charge in [-0.2, -0.15) is 9.50 Å². The Morgan fingerprint density at radius 1 is 1.38 bits per heavy atom. The molecule has 1 aromatic carbocycles. The molecule has 0 fully saturated rings. The van der Waals surface area contributed by atoms with Gasteiger partial charge in [0.2, 0.25) is 5.16 Å². The van der Waals surface area contributed by atoms with Gasteiger partial charge in [-0.25, -0.2) is 9.78 Å². The molecule has 124 valence electrons. The van der Waals surface area contributed by atoms with Crippen molar-refractivity contribution < 1.29 is 9.53 Å². The van der Waals surface area contributed by atoms with Crippen molar-refractivity contribution in [3.8, 4) is 0 Å². The van der Waals surface area contributed by atoms with E-state index in [1.165, 1.54) is 18.0 Å². The van der Waals surface area contributed by atoms with Gasteiger partial charge in [0, 0.05) is 17.0 Å². The minimum Gasteiger partial charge on any atom is -0.462 e. The molecular formula is C16H15ClN4O2S. The number of carbonyl (C=O) groups is 1. The molecule has 3 rings (SSSR count). The van der Waals surface area contributed by atoms with E-state index in [1.807, 2.05) is 24.3 Å². The first-order valence-electron chi connectivity index (χ1n) is 7.36. The van der Waals surface area contributed by atoms with Gasteiger partial charge in [-0.1, -0.05) is 41.6 Å². The lowest BCUT2D eigenvalue weighted by molar-refractivity contribution is 0.0524. The van der Waals surface area contributed by atoms with E-state index in [1.54, 1.807) is 18.4 Å². The van der Waals surface area contributed by atoms with E-state index in [-0.39, 0.29) is 0 Å². The first kappa shape index (κ1) is 16.7. The summed E-state index contributed by atoms with van der Waals surface area (Å²) < 4.78 is 6.58. The third-order valence-corrected chi connectivity index (χ3v) is 4.65. The SMILES string of the molecule is CCOC(=O)c1cnc2nc(SCc3ccccc3Cl)nn2c1C. The number of aryl methyl sites for hydroxylation is 1. The number of rotatable bonds is 5. The number of nitrogens with zero attached hydrogens (tertiary/aromatic N) is 4. The number of esters is 1. The minimum absolute atomic E-state index is 0.312. The summed E-state index contributed by atoms with van der Waals surface area (Å²) in [4.78, 5) is 20.5. The van der Waals surface area contributed by atoms with Crippen LogP contribution in [0.25, 0.3) is 5.78 Å². The summed E-state index contributed by atoms with van der Waals surface area (Å²) in [7, 11) is 0. The zero-order valence-electron chi connectivity index (χ0n) is 13.2. The Morgan fingerprint density at radius 2 is 2.17 bits per heavy atom. The van der Waals surface area contributed by atoms with Crippen LogP contribution in [0.15, 0.2) is 35.6 Å². The molecule has 0 aliphatic carbocycles. The summed E-state index contributed by atoms with van der Waals surface area (Å²) in [5.41, 5.74) is 2.05. The van der Waals surface area contributed by atoms with Crippen LogP contribution in [0.4, 0.5) is 0 Å². The molecule has 2 heterocycles.